The third kappa shape index (κ3) is 3.92. The van der Waals surface area contributed by atoms with Gasteiger partial charge in [-0.1, -0.05) is 13.0 Å². The fourth-order valence-electron chi connectivity index (χ4n) is 3.83. The lowest BCUT2D eigenvalue weighted by atomic mass is 9.99. The third-order valence-electron chi connectivity index (χ3n) is 5.22. The van der Waals surface area contributed by atoms with Crippen LogP contribution in [0.15, 0.2) is 18.2 Å². The van der Waals surface area contributed by atoms with Crippen molar-refractivity contribution in [1.29, 1.82) is 0 Å². The SMILES string of the molecule is CCS[C@H]1CC[C@@H](N(C)C(=O)c2ccc3c(c2)CCNCC3)C1. The van der Waals surface area contributed by atoms with Gasteiger partial charge < -0.3 is 10.2 Å². The number of rotatable bonds is 4. The minimum atomic E-state index is 0.192. The summed E-state index contributed by atoms with van der Waals surface area (Å²) in [5.74, 6) is 1.37. The molecule has 2 aliphatic rings. The zero-order valence-electron chi connectivity index (χ0n) is 14.3. The fourth-order valence-corrected chi connectivity index (χ4v) is 4.96. The summed E-state index contributed by atoms with van der Waals surface area (Å²) < 4.78 is 0. The molecule has 1 aliphatic heterocycles. The van der Waals surface area contributed by atoms with Crippen molar-refractivity contribution in [3.8, 4) is 0 Å². The van der Waals surface area contributed by atoms with Gasteiger partial charge in [-0.05, 0) is 74.2 Å². The maximum Gasteiger partial charge on any atom is 0.253 e. The van der Waals surface area contributed by atoms with Gasteiger partial charge in [0.2, 0.25) is 0 Å². The van der Waals surface area contributed by atoms with Crippen LogP contribution < -0.4 is 5.32 Å². The molecule has 0 unspecified atom stereocenters. The Bertz CT molecular complexity index is 560. The van der Waals surface area contributed by atoms with Crippen LogP contribution in [0.3, 0.4) is 0 Å². The Hall–Kier alpha value is -1.00. The van der Waals surface area contributed by atoms with E-state index in [9.17, 15) is 4.79 Å². The number of carbonyl (C=O) groups excluding carboxylic acids is 1. The van der Waals surface area contributed by atoms with Gasteiger partial charge in [0, 0.05) is 23.9 Å². The molecule has 1 heterocycles. The van der Waals surface area contributed by atoms with Crippen LogP contribution in [0.1, 0.15) is 47.7 Å². The molecule has 4 heteroatoms. The third-order valence-corrected chi connectivity index (χ3v) is 6.46. The summed E-state index contributed by atoms with van der Waals surface area (Å²) in [6.07, 6.45) is 5.64. The molecule has 1 saturated carbocycles. The van der Waals surface area contributed by atoms with Gasteiger partial charge in [0.1, 0.15) is 0 Å². The standard InChI is InChI=1S/C19H28N2OS/c1-3-23-18-7-6-17(13-18)21(2)19(22)16-5-4-14-8-10-20-11-9-15(14)12-16/h4-5,12,17-18,20H,3,6-11,13H2,1-2H3/t17-,18+/m1/s1. The Morgan fingerprint density at radius 3 is 2.83 bits per heavy atom. The molecule has 0 saturated heterocycles. The van der Waals surface area contributed by atoms with Crippen LogP contribution in [0, 0.1) is 0 Å². The molecule has 126 valence electrons. The van der Waals surface area contributed by atoms with E-state index in [-0.39, 0.29) is 5.91 Å². The summed E-state index contributed by atoms with van der Waals surface area (Å²) in [7, 11) is 1.99. The van der Waals surface area contributed by atoms with Crippen LogP contribution in [0.4, 0.5) is 0 Å². The van der Waals surface area contributed by atoms with E-state index in [0.29, 0.717) is 6.04 Å². The lowest BCUT2D eigenvalue weighted by Crippen LogP contribution is -2.35. The Balaban J connectivity index is 1.69. The molecule has 0 bridgehead atoms. The minimum absolute atomic E-state index is 0.192. The van der Waals surface area contributed by atoms with E-state index in [1.807, 2.05) is 29.8 Å². The number of hydrogen-bond acceptors (Lipinski definition) is 3. The lowest BCUT2D eigenvalue weighted by Gasteiger charge is -2.25. The van der Waals surface area contributed by atoms with E-state index in [1.165, 1.54) is 23.3 Å². The quantitative estimate of drug-likeness (QED) is 0.919. The van der Waals surface area contributed by atoms with Gasteiger partial charge in [0.15, 0.2) is 0 Å². The predicted octanol–water partition coefficient (Wildman–Crippen LogP) is 3.12. The Morgan fingerprint density at radius 2 is 2.04 bits per heavy atom. The number of nitrogens with zero attached hydrogens (tertiary/aromatic N) is 1. The van der Waals surface area contributed by atoms with Crippen molar-refractivity contribution >= 4 is 17.7 Å². The van der Waals surface area contributed by atoms with E-state index in [4.69, 9.17) is 0 Å². The van der Waals surface area contributed by atoms with E-state index in [0.717, 1.165) is 49.6 Å². The molecule has 3 rings (SSSR count). The molecule has 0 aromatic heterocycles. The highest BCUT2D eigenvalue weighted by molar-refractivity contribution is 7.99. The number of amides is 1. The molecule has 1 N–H and O–H groups in total. The molecule has 23 heavy (non-hydrogen) atoms. The smallest absolute Gasteiger partial charge is 0.253 e. The average molecular weight is 333 g/mol. The summed E-state index contributed by atoms with van der Waals surface area (Å²) in [6.45, 7) is 4.27. The van der Waals surface area contributed by atoms with Crippen LogP contribution in [0.5, 0.6) is 0 Å². The number of benzene rings is 1. The molecule has 1 aromatic rings. The largest absolute Gasteiger partial charge is 0.339 e. The van der Waals surface area contributed by atoms with Crippen molar-refractivity contribution in [3.05, 3.63) is 34.9 Å². The second-order valence-electron chi connectivity index (χ2n) is 6.69. The van der Waals surface area contributed by atoms with Crippen LogP contribution in [-0.4, -0.2) is 48.0 Å². The first-order valence-corrected chi connectivity index (χ1v) is 9.95. The summed E-state index contributed by atoms with van der Waals surface area (Å²) >= 11 is 2.04. The molecule has 3 nitrogen and oxygen atoms in total. The van der Waals surface area contributed by atoms with Crippen molar-refractivity contribution in [1.82, 2.24) is 10.2 Å². The molecule has 1 aromatic carbocycles. The first-order chi connectivity index (χ1) is 11.2. The Morgan fingerprint density at radius 1 is 1.26 bits per heavy atom. The van der Waals surface area contributed by atoms with Gasteiger partial charge in [-0.15, -0.1) is 0 Å². The first-order valence-electron chi connectivity index (χ1n) is 8.90. The van der Waals surface area contributed by atoms with Gasteiger partial charge in [-0.3, -0.25) is 4.79 Å². The maximum atomic E-state index is 12.9. The molecule has 2 atom stereocenters. The highest BCUT2D eigenvalue weighted by Crippen LogP contribution is 2.32. The van der Waals surface area contributed by atoms with Gasteiger partial charge >= 0.3 is 0 Å². The highest BCUT2D eigenvalue weighted by Gasteiger charge is 2.30. The van der Waals surface area contributed by atoms with Gasteiger partial charge in [-0.25, -0.2) is 0 Å². The van der Waals surface area contributed by atoms with E-state index in [2.05, 4.69) is 24.4 Å². The van der Waals surface area contributed by atoms with Crippen molar-refractivity contribution in [2.45, 2.75) is 50.3 Å². The van der Waals surface area contributed by atoms with Crippen molar-refractivity contribution in [2.75, 3.05) is 25.9 Å². The predicted molar refractivity (Wildman–Crippen MR) is 98.4 cm³/mol. The average Bonchev–Trinajstić information content (AvgIpc) is 2.90. The van der Waals surface area contributed by atoms with E-state index in [1.54, 1.807) is 0 Å². The summed E-state index contributed by atoms with van der Waals surface area (Å²) in [5.41, 5.74) is 3.61. The Kier molecular flexibility index (Phi) is 5.65. The molecular formula is C19H28N2OS. The van der Waals surface area contributed by atoms with Gasteiger partial charge in [-0.2, -0.15) is 11.8 Å². The van der Waals surface area contributed by atoms with E-state index >= 15 is 0 Å². The molecule has 1 amide bonds. The van der Waals surface area contributed by atoms with Crippen LogP contribution >= 0.6 is 11.8 Å². The van der Waals surface area contributed by atoms with E-state index < -0.39 is 0 Å². The Labute approximate surface area is 144 Å². The second-order valence-corrected chi connectivity index (χ2v) is 8.27. The summed E-state index contributed by atoms with van der Waals surface area (Å²) in [6, 6.07) is 6.73. The lowest BCUT2D eigenvalue weighted by molar-refractivity contribution is 0.0735. The van der Waals surface area contributed by atoms with Crippen LogP contribution in [0.2, 0.25) is 0 Å². The van der Waals surface area contributed by atoms with Crippen molar-refractivity contribution < 1.29 is 4.79 Å². The summed E-state index contributed by atoms with van der Waals surface area (Å²) in [5, 5.41) is 4.16. The van der Waals surface area contributed by atoms with Crippen LogP contribution in [-0.2, 0) is 12.8 Å². The molecule has 1 aliphatic carbocycles. The first kappa shape index (κ1) is 16.8. The monoisotopic (exact) mass is 332 g/mol. The summed E-state index contributed by atoms with van der Waals surface area (Å²) in [4.78, 5) is 14.9. The number of carbonyl (C=O) groups is 1. The number of fused-ring (bicyclic) bond motifs is 1. The molecule has 0 radical (unpaired) electrons. The molecule has 0 spiro atoms. The van der Waals surface area contributed by atoms with Gasteiger partial charge in [0.05, 0.1) is 0 Å². The maximum absolute atomic E-state index is 12.9. The molecular weight excluding hydrogens is 304 g/mol. The number of thioether (sulfide) groups is 1. The fraction of sp³-hybridized carbons (Fsp3) is 0.632. The van der Waals surface area contributed by atoms with Gasteiger partial charge in [0.25, 0.3) is 5.91 Å². The van der Waals surface area contributed by atoms with Crippen molar-refractivity contribution in [3.63, 3.8) is 0 Å². The second kappa shape index (κ2) is 7.71. The highest BCUT2D eigenvalue weighted by atomic mass is 32.2. The normalized spacial score (nSPS) is 24.1. The minimum Gasteiger partial charge on any atom is -0.339 e. The number of hydrogen-bond donors (Lipinski definition) is 1. The molecule has 1 fully saturated rings. The zero-order chi connectivity index (χ0) is 16.2. The van der Waals surface area contributed by atoms with Crippen molar-refractivity contribution in [2.24, 2.45) is 0 Å². The number of nitrogens with one attached hydrogen (secondary N) is 1. The van der Waals surface area contributed by atoms with Crippen LogP contribution in [0.25, 0.3) is 0 Å². The zero-order valence-corrected chi connectivity index (χ0v) is 15.1. The topological polar surface area (TPSA) is 32.3 Å².